The van der Waals surface area contributed by atoms with Gasteiger partial charge in [0.2, 0.25) is 10.0 Å². The van der Waals surface area contributed by atoms with E-state index in [1.807, 2.05) is 12.1 Å². The van der Waals surface area contributed by atoms with Gasteiger partial charge in [-0.05, 0) is 30.5 Å². The van der Waals surface area contributed by atoms with Crippen molar-refractivity contribution in [3.63, 3.8) is 0 Å². The van der Waals surface area contributed by atoms with E-state index in [4.69, 9.17) is 0 Å². The molecule has 0 radical (unpaired) electrons. The summed E-state index contributed by atoms with van der Waals surface area (Å²) < 4.78 is 25.3. The molecule has 0 heterocycles. The SMILES string of the molecule is CN(C)S(=O)(=O)c1ccc(CNC2CCCCCCC2)cc1. The van der Waals surface area contributed by atoms with E-state index in [0.29, 0.717) is 10.9 Å². The Hall–Kier alpha value is -0.910. The molecule has 0 spiro atoms. The molecular formula is C17H28N2O2S. The first-order valence-electron chi connectivity index (χ1n) is 8.25. The van der Waals surface area contributed by atoms with Gasteiger partial charge < -0.3 is 5.32 Å². The van der Waals surface area contributed by atoms with Crippen molar-refractivity contribution in [2.75, 3.05) is 14.1 Å². The molecule has 124 valence electrons. The highest BCUT2D eigenvalue weighted by Gasteiger charge is 2.16. The highest BCUT2D eigenvalue weighted by Crippen LogP contribution is 2.18. The van der Waals surface area contributed by atoms with Gasteiger partial charge in [-0.1, -0.05) is 44.2 Å². The Labute approximate surface area is 135 Å². The number of sulfonamides is 1. The second-order valence-corrected chi connectivity index (χ2v) is 8.51. The summed E-state index contributed by atoms with van der Waals surface area (Å²) in [5, 5.41) is 3.63. The van der Waals surface area contributed by atoms with Gasteiger partial charge in [0.15, 0.2) is 0 Å². The molecule has 1 aliphatic carbocycles. The number of nitrogens with zero attached hydrogens (tertiary/aromatic N) is 1. The Bertz CT molecular complexity index is 545. The molecule has 1 aromatic carbocycles. The zero-order valence-corrected chi connectivity index (χ0v) is 14.5. The summed E-state index contributed by atoms with van der Waals surface area (Å²) in [5.41, 5.74) is 1.14. The van der Waals surface area contributed by atoms with E-state index in [0.717, 1.165) is 12.1 Å². The first-order chi connectivity index (χ1) is 10.5. The van der Waals surface area contributed by atoms with Crippen molar-refractivity contribution in [3.05, 3.63) is 29.8 Å². The van der Waals surface area contributed by atoms with Gasteiger partial charge in [0.05, 0.1) is 4.90 Å². The Morgan fingerprint density at radius 3 is 2.09 bits per heavy atom. The van der Waals surface area contributed by atoms with E-state index in [2.05, 4.69) is 5.32 Å². The summed E-state index contributed by atoms with van der Waals surface area (Å²) in [6, 6.07) is 7.82. The summed E-state index contributed by atoms with van der Waals surface area (Å²) in [5.74, 6) is 0. The first kappa shape index (κ1) is 17.4. The number of hydrogen-bond acceptors (Lipinski definition) is 3. The molecule has 0 aliphatic heterocycles. The first-order valence-corrected chi connectivity index (χ1v) is 9.69. The topological polar surface area (TPSA) is 49.4 Å². The van der Waals surface area contributed by atoms with E-state index < -0.39 is 10.0 Å². The zero-order valence-electron chi connectivity index (χ0n) is 13.7. The molecular weight excluding hydrogens is 296 g/mol. The Morgan fingerprint density at radius 2 is 1.55 bits per heavy atom. The summed E-state index contributed by atoms with van der Waals surface area (Å²) >= 11 is 0. The third kappa shape index (κ3) is 4.80. The van der Waals surface area contributed by atoms with Crippen molar-refractivity contribution in [2.45, 2.75) is 62.4 Å². The third-order valence-electron chi connectivity index (χ3n) is 4.40. The number of hydrogen-bond donors (Lipinski definition) is 1. The maximum atomic E-state index is 12.0. The minimum absolute atomic E-state index is 0.354. The van der Waals surface area contributed by atoms with Gasteiger partial charge in [0.1, 0.15) is 0 Å². The fraction of sp³-hybridized carbons (Fsp3) is 0.647. The third-order valence-corrected chi connectivity index (χ3v) is 6.23. The van der Waals surface area contributed by atoms with Crippen LogP contribution in [0, 0.1) is 0 Å². The predicted octanol–water partition coefficient (Wildman–Crippen LogP) is 3.14. The lowest BCUT2D eigenvalue weighted by molar-refractivity contribution is 0.389. The molecule has 1 fully saturated rings. The van der Waals surface area contributed by atoms with Crippen LogP contribution in [0.1, 0.15) is 50.5 Å². The predicted molar refractivity (Wildman–Crippen MR) is 90.3 cm³/mol. The van der Waals surface area contributed by atoms with Crippen LogP contribution in [0.25, 0.3) is 0 Å². The van der Waals surface area contributed by atoms with Crippen LogP contribution in [0.4, 0.5) is 0 Å². The van der Waals surface area contributed by atoms with Crippen molar-refractivity contribution < 1.29 is 8.42 Å². The molecule has 0 bridgehead atoms. The Balaban J connectivity index is 1.91. The Morgan fingerprint density at radius 1 is 1.00 bits per heavy atom. The molecule has 0 atom stereocenters. The summed E-state index contributed by atoms with van der Waals surface area (Å²) in [4.78, 5) is 0.354. The molecule has 2 rings (SSSR count). The zero-order chi connectivity index (χ0) is 16.0. The number of rotatable bonds is 5. The molecule has 0 aromatic heterocycles. The largest absolute Gasteiger partial charge is 0.310 e. The maximum Gasteiger partial charge on any atom is 0.242 e. The lowest BCUT2D eigenvalue weighted by Gasteiger charge is -2.21. The van der Waals surface area contributed by atoms with E-state index in [1.54, 1.807) is 26.2 Å². The average molecular weight is 324 g/mol. The normalized spacial score (nSPS) is 18.1. The lowest BCUT2D eigenvalue weighted by atomic mass is 9.96. The molecule has 0 amide bonds. The molecule has 1 aromatic rings. The van der Waals surface area contributed by atoms with Crippen LogP contribution in [-0.2, 0) is 16.6 Å². The average Bonchev–Trinajstić information content (AvgIpc) is 2.46. The minimum atomic E-state index is -3.33. The lowest BCUT2D eigenvalue weighted by Crippen LogP contribution is -2.29. The van der Waals surface area contributed by atoms with Gasteiger partial charge >= 0.3 is 0 Å². The molecule has 5 heteroatoms. The quantitative estimate of drug-likeness (QED) is 0.905. The molecule has 1 aliphatic rings. The minimum Gasteiger partial charge on any atom is -0.310 e. The van der Waals surface area contributed by atoms with Gasteiger partial charge in [-0.15, -0.1) is 0 Å². The molecule has 1 saturated carbocycles. The number of benzene rings is 1. The molecule has 1 N–H and O–H groups in total. The van der Waals surface area contributed by atoms with Crippen LogP contribution in [-0.4, -0.2) is 32.9 Å². The number of nitrogens with one attached hydrogen (secondary N) is 1. The van der Waals surface area contributed by atoms with Crippen molar-refractivity contribution in [1.82, 2.24) is 9.62 Å². The van der Waals surface area contributed by atoms with Gasteiger partial charge in [-0.2, -0.15) is 0 Å². The molecule has 0 saturated heterocycles. The van der Waals surface area contributed by atoms with Crippen LogP contribution in [0.5, 0.6) is 0 Å². The molecule has 22 heavy (non-hydrogen) atoms. The second kappa shape index (κ2) is 8.09. The van der Waals surface area contributed by atoms with Crippen molar-refractivity contribution >= 4 is 10.0 Å². The van der Waals surface area contributed by atoms with E-state index >= 15 is 0 Å². The standard InChI is InChI=1S/C17H28N2O2S/c1-19(2)22(20,21)17-12-10-15(11-13-17)14-18-16-8-6-4-3-5-7-9-16/h10-13,16,18H,3-9,14H2,1-2H3. The summed E-state index contributed by atoms with van der Waals surface area (Å²) in [6.07, 6.45) is 9.24. The monoisotopic (exact) mass is 324 g/mol. The van der Waals surface area contributed by atoms with E-state index in [1.165, 1.54) is 49.3 Å². The van der Waals surface area contributed by atoms with Crippen molar-refractivity contribution in [2.24, 2.45) is 0 Å². The van der Waals surface area contributed by atoms with Crippen LogP contribution in [0.3, 0.4) is 0 Å². The molecule has 4 nitrogen and oxygen atoms in total. The van der Waals surface area contributed by atoms with Crippen LogP contribution >= 0.6 is 0 Å². The van der Waals surface area contributed by atoms with Gasteiger partial charge in [-0.25, -0.2) is 12.7 Å². The van der Waals surface area contributed by atoms with Crippen LogP contribution in [0.2, 0.25) is 0 Å². The highest BCUT2D eigenvalue weighted by atomic mass is 32.2. The Kier molecular flexibility index (Phi) is 6.41. The summed E-state index contributed by atoms with van der Waals surface area (Å²) in [6.45, 7) is 0.812. The van der Waals surface area contributed by atoms with Gasteiger partial charge in [0.25, 0.3) is 0 Å². The fourth-order valence-electron chi connectivity index (χ4n) is 2.91. The van der Waals surface area contributed by atoms with Crippen LogP contribution < -0.4 is 5.32 Å². The fourth-order valence-corrected chi connectivity index (χ4v) is 3.81. The maximum absolute atomic E-state index is 12.0. The van der Waals surface area contributed by atoms with Crippen LogP contribution in [0.15, 0.2) is 29.2 Å². The second-order valence-electron chi connectivity index (χ2n) is 6.35. The summed E-state index contributed by atoms with van der Waals surface area (Å²) in [7, 11) is -0.215. The van der Waals surface area contributed by atoms with Gasteiger partial charge in [-0.3, -0.25) is 0 Å². The van der Waals surface area contributed by atoms with Crippen molar-refractivity contribution in [1.29, 1.82) is 0 Å². The van der Waals surface area contributed by atoms with Crippen molar-refractivity contribution in [3.8, 4) is 0 Å². The van der Waals surface area contributed by atoms with Gasteiger partial charge in [0, 0.05) is 26.7 Å². The smallest absolute Gasteiger partial charge is 0.242 e. The highest BCUT2D eigenvalue weighted by molar-refractivity contribution is 7.89. The molecule has 0 unspecified atom stereocenters. The van der Waals surface area contributed by atoms with E-state index in [9.17, 15) is 8.42 Å². The van der Waals surface area contributed by atoms with E-state index in [-0.39, 0.29) is 0 Å².